The lowest BCUT2D eigenvalue weighted by molar-refractivity contribution is 0.0941. The van der Waals surface area contributed by atoms with Gasteiger partial charge in [-0.05, 0) is 37.4 Å². The molecule has 0 fully saturated rings. The third-order valence-corrected chi connectivity index (χ3v) is 3.30. The Labute approximate surface area is 112 Å². The van der Waals surface area contributed by atoms with Gasteiger partial charge in [0.2, 0.25) is 0 Å². The fourth-order valence-electron chi connectivity index (χ4n) is 2.07. The molecule has 2 aromatic rings. The first-order valence-electron chi connectivity index (χ1n) is 6.58. The van der Waals surface area contributed by atoms with E-state index in [2.05, 4.69) is 18.7 Å². The highest BCUT2D eigenvalue weighted by Gasteiger charge is 2.13. The third-order valence-electron chi connectivity index (χ3n) is 3.30. The van der Waals surface area contributed by atoms with Crippen molar-refractivity contribution in [2.24, 2.45) is 0 Å². The number of fused-ring (bicyclic) bond motifs is 1. The van der Waals surface area contributed by atoms with Crippen LogP contribution in [0.4, 0.5) is 4.39 Å². The number of hydrogen-bond acceptors (Lipinski definition) is 3. The first kappa shape index (κ1) is 13.7. The van der Waals surface area contributed by atoms with E-state index in [0.29, 0.717) is 23.2 Å². The molecule has 0 bridgehead atoms. The van der Waals surface area contributed by atoms with Crippen LogP contribution in [0.1, 0.15) is 30.8 Å². The van der Waals surface area contributed by atoms with Crippen LogP contribution in [0.5, 0.6) is 0 Å². The van der Waals surface area contributed by atoms with Crippen LogP contribution in [-0.2, 0) is 0 Å². The second-order valence-corrected chi connectivity index (χ2v) is 4.49. The van der Waals surface area contributed by atoms with E-state index in [1.54, 1.807) is 12.1 Å². The van der Waals surface area contributed by atoms with Gasteiger partial charge in [-0.25, -0.2) is 4.39 Å². The molecule has 0 radical (unpaired) electrons. The number of benzene rings is 1. The Hall–Kier alpha value is -1.68. The molecule has 1 aromatic carbocycles. The van der Waals surface area contributed by atoms with Crippen molar-refractivity contribution in [1.29, 1.82) is 0 Å². The predicted molar refractivity (Wildman–Crippen MR) is 72.9 cm³/mol. The monoisotopic (exact) mass is 263 g/mol. The first-order valence-corrected chi connectivity index (χ1v) is 6.58. The van der Waals surface area contributed by atoms with Crippen LogP contribution in [0, 0.1) is 5.82 Å². The molecule has 0 saturated carbocycles. The lowest BCUT2D eigenvalue weighted by Crippen LogP contribution is -2.25. The molecule has 19 heavy (non-hydrogen) atoms. The normalized spacial score (nSPS) is 11.4. The van der Waals surface area contributed by atoms with E-state index in [4.69, 9.17) is 4.42 Å². The van der Waals surface area contributed by atoms with Gasteiger partial charge in [-0.2, -0.15) is 0 Å². The first-order chi connectivity index (χ1) is 9.13. The van der Waals surface area contributed by atoms with Crippen molar-refractivity contribution < 1.29 is 13.6 Å². The fraction of sp³-hybridized carbons (Fsp3) is 0.400. The zero-order valence-electron chi connectivity index (χ0n) is 11.3. The number of hydrogen-bond donors (Lipinski definition) is 0. The van der Waals surface area contributed by atoms with Crippen LogP contribution in [0.15, 0.2) is 28.7 Å². The van der Waals surface area contributed by atoms with Crippen LogP contribution < -0.4 is 0 Å². The van der Waals surface area contributed by atoms with Crippen molar-refractivity contribution in [2.75, 3.05) is 19.6 Å². The summed E-state index contributed by atoms with van der Waals surface area (Å²) in [6, 6.07) is 5.87. The maximum Gasteiger partial charge on any atom is 0.199 e. The van der Waals surface area contributed by atoms with Crippen molar-refractivity contribution in [3.63, 3.8) is 0 Å². The summed E-state index contributed by atoms with van der Waals surface area (Å²) in [5.41, 5.74) is 0.549. The summed E-state index contributed by atoms with van der Waals surface area (Å²) in [6.45, 7) is 6.71. The summed E-state index contributed by atoms with van der Waals surface area (Å²) >= 11 is 0. The van der Waals surface area contributed by atoms with Gasteiger partial charge in [0.25, 0.3) is 0 Å². The Kier molecular flexibility index (Phi) is 4.32. The van der Waals surface area contributed by atoms with E-state index in [0.717, 1.165) is 19.6 Å². The summed E-state index contributed by atoms with van der Waals surface area (Å²) in [6.07, 6.45) is 0.421. The zero-order chi connectivity index (χ0) is 13.8. The van der Waals surface area contributed by atoms with Crippen LogP contribution in [0.2, 0.25) is 0 Å². The number of Topliss-reactive ketones (excluding diaryl/α,β-unsaturated/α-hetero) is 1. The minimum atomic E-state index is -0.324. The minimum Gasteiger partial charge on any atom is -0.453 e. The highest BCUT2D eigenvalue weighted by molar-refractivity contribution is 5.97. The SMILES string of the molecule is CCN(CC)CCC(=O)c1cc2cc(F)ccc2o1. The average Bonchev–Trinajstić information content (AvgIpc) is 2.82. The zero-order valence-corrected chi connectivity index (χ0v) is 11.3. The highest BCUT2D eigenvalue weighted by Crippen LogP contribution is 2.21. The number of carbonyl (C=O) groups excluding carboxylic acids is 1. The van der Waals surface area contributed by atoms with Crippen LogP contribution in [0.3, 0.4) is 0 Å². The second-order valence-electron chi connectivity index (χ2n) is 4.49. The molecule has 1 aromatic heterocycles. The van der Waals surface area contributed by atoms with Gasteiger partial charge in [-0.1, -0.05) is 13.8 Å². The van der Waals surface area contributed by atoms with Gasteiger partial charge in [-0.3, -0.25) is 4.79 Å². The van der Waals surface area contributed by atoms with Crippen molar-refractivity contribution in [2.45, 2.75) is 20.3 Å². The molecule has 1 heterocycles. The highest BCUT2D eigenvalue weighted by atomic mass is 19.1. The Bertz CT molecular complexity index is 573. The molecule has 0 aliphatic heterocycles. The predicted octanol–water partition coefficient (Wildman–Crippen LogP) is 3.49. The van der Waals surface area contributed by atoms with Gasteiger partial charge in [0.15, 0.2) is 11.5 Å². The van der Waals surface area contributed by atoms with Gasteiger partial charge < -0.3 is 9.32 Å². The number of nitrogens with zero attached hydrogens (tertiary/aromatic N) is 1. The van der Waals surface area contributed by atoms with E-state index in [1.165, 1.54) is 12.1 Å². The number of rotatable bonds is 6. The van der Waals surface area contributed by atoms with E-state index in [1.807, 2.05) is 0 Å². The molecule has 0 aliphatic carbocycles. The number of ketones is 1. The topological polar surface area (TPSA) is 33.5 Å². The maximum absolute atomic E-state index is 13.1. The third kappa shape index (κ3) is 3.20. The fourth-order valence-corrected chi connectivity index (χ4v) is 2.07. The van der Waals surface area contributed by atoms with Crippen LogP contribution in [-0.4, -0.2) is 30.3 Å². The quantitative estimate of drug-likeness (QED) is 0.748. The van der Waals surface area contributed by atoms with Crippen molar-refractivity contribution in [3.05, 3.63) is 35.8 Å². The molecular weight excluding hydrogens is 245 g/mol. The molecule has 0 amide bonds. The van der Waals surface area contributed by atoms with Gasteiger partial charge >= 0.3 is 0 Å². The van der Waals surface area contributed by atoms with Gasteiger partial charge in [0.05, 0.1) is 0 Å². The summed E-state index contributed by atoms with van der Waals surface area (Å²) in [5.74, 6) is -0.0493. The molecule has 3 nitrogen and oxygen atoms in total. The summed E-state index contributed by atoms with van der Waals surface area (Å²) in [7, 11) is 0. The molecule has 0 saturated heterocycles. The van der Waals surface area contributed by atoms with Crippen molar-refractivity contribution in [3.8, 4) is 0 Å². The molecule has 0 unspecified atom stereocenters. The van der Waals surface area contributed by atoms with Gasteiger partial charge in [0, 0.05) is 18.4 Å². The minimum absolute atomic E-state index is 0.0384. The van der Waals surface area contributed by atoms with Crippen molar-refractivity contribution >= 4 is 16.8 Å². The Morgan fingerprint density at radius 2 is 2.00 bits per heavy atom. The maximum atomic E-state index is 13.1. The number of carbonyl (C=O) groups is 1. The lowest BCUT2D eigenvalue weighted by atomic mass is 10.2. The van der Waals surface area contributed by atoms with Gasteiger partial charge in [0.1, 0.15) is 11.4 Å². The smallest absolute Gasteiger partial charge is 0.199 e. The molecule has 0 spiro atoms. The largest absolute Gasteiger partial charge is 0.453 e. The summed E-state index contributed by atoms with van der Waals surface area (Å²) in [4.78, 5) is 14.2. The van der Waals surface area contributed by atoms with Gasteiger partial charge in [-0.15, -0.1) is 0 Å². The van der Waals surface area contributed by atoms with E-state index in [-0.39, 0.29) is 11.6 Å². The van der Waals surface area contributed by atoms with E-state index in [9.17, 15) is 9.18 Å². The molecule has 4 heteroatoms. The van der Waals surface area contributed by atoms with Crippen molar-refractivity contribution in [1.82, 2.24) is 4.90 Å². The Morgan fingerprint density at radius 3 is 2.68 bits per heavy atom. The standard InChI is InChI=1S/C15H18FNO2/c1-3-17(4-2)8-7-13(18)15-10-11-9-12(16)5-6-14(11)19-15/h5-6,9-10H,3-4,7-8H2,1-2H3. The number of halogens is 1. The molecule has 2 rings (SSSR count). The second kappa shape index (κ2) is 5.97. The molecule has 0 atom stereocenters. The Morgan fingerprint density at radius 1 is 1.26 bits per heavy atom. The summed E-state index contributed by atoms with van der Waals surface area (Å²) < 4.78 is 18.5. The molecule has 102 valence electrons. The molecule has 0 N–H and O–H groups in total. The van der Waals surface area contributed by atoms with E-state index >= 15 is 0 Å². The molecular formula is C15H18FNO2. The molecule has 0 aliphatic rings. The van der Waals surface area contributed by atoms with Crippen LogP contribution in [0.25, 0.3) is 11.0 Å². The average molecular weight is 263 g/mol. The Balaban J connectivity index is 2.09. The van der Waals surface area contributed by atoms with Crippen LogP contribution >= 0.6 is 0 Å². The van der Waals surface area contributed by atoms with E-state index < -0.39 is 0 Å². The lowest BCUT2D eigenvalue weighted by Gasteiger charge is -2.16. The summed E-state index contributed by atoms with van der Waals surface area (Å²) in [5, 5.41) is 0.631. The number of furan rings is 1.